The van der Waals surface area contributed by atoms with Crippen LogP contribution in [0.1, 0.15) is 37.9 Å². The Morgan fingerprint density at radius 3 is 2.35 bits per heavy atom. The van der Waals surface area contributed by atoms with Gasteiger partial charge in [0.25, 0.3) is 0 Å². The number of hydrogen-bond acceptors (Lipinski definition) is 3. The van der Waals surface area contributed by atoms with E-state index in [2.05, 4.69) is 55.3 Å². The number of rotatable bonds is 6. The molecule has 2 unspecified atom stereocenters. The molecule has 0 saturated carbocycles. The van der Waals surface area contributed by atoms with Crippen LogP contribution >= 0.6 is 0 Å². The summed E-state index contributed by atoms with van der Waals surface area (Å²) in [6.07, 6.45) is 1.10. The highest BCUT2D eigenvalue weighted by molar-refractivity contribution is 5.26. The minimum Gasteiger partial charge on any atom is -0.379 e. The molecule has 0 radical (unpaired) electrons. The summed E-state index contributed by atoms with van der Waals surface area (Å²) in [5.41, 5.74) is 2.80. The molecule has 1 N–H and O–H groups in total. The van der Waals surface area contributed by atoms with Gasteiger partial charge in [-0.1, -0.05) is 38.1 Å². The zero-order valence-electron chi connectivity index (χ0n) is 13.1. The Morgan fingerprint density at radius 2 is 1.80 bits per heavy atom. The van der Waals surface area contributed by atoms with Crippen molar-refractivity contribution in [3.63, 3.8) is 0 Å². The van der Waals surface area contributed by atoms with Gasteiger partial charge in [-0.05, 0) is 31.0 Å². The average molecular weight is 276 g/mol. The monoisotopic (exact) mass is 276 g/mol. The average Bonchev–Trinajstić information content (AvgIpc) is 2.53. The molecule has 1 aromatic rings. The molecule has 0 bridgehead atoms. The molecule has 1 aliphatic heterocycles. The molecule has 0 aliphatic carbocycles. The van der Waals surface area contributed by atoms with E-state index in [0.717, 1.165) is 39.3 Å². The van der Waals surface area contributed by atoms with Gasteiger partial charge in [-0.15, -0.1) is 0 Å². The highest BCUT2D eigenvalue weighted by Crippen LogP contribution is 2.22. The number of nitrogens with one attached hydrogen (secondary N) is 1. The standard InChI is InChI=1S/C17H28N2O/c1-4-15-6-8-16(9-7-15)17(18-5-2)14(3)19-10-12-20-13-11-19/h6-9,14,17-18H,4-5,10-13H2,1-3H3. The Bertz CT molecular complexity index is 384. The summed E-state index contributed by atoms with van der Waals surface area (Å²) in [4.78, 5) is 2.53. The number of hydrogen-bond donors (Lipinski definition) is 1. The second kappa shape index (κ2) is 7.77. The zero-order valence-corrected chi connectivity index (χ0v) is 13.1. The van der Waals surface area contributed by atoms with E-state index in [1.807, 2.05) is 0 Å². The van der Waals surface area contributed by atoms with Gasteiger partial charge in [0.15, 0.2) is 0 Å². The smallest absolute Gasteiger partial charge is 0.0594 e. The first-order chi connectivity index (χ1) is 9.76. The maximum atomic E-state index is 5.46. The molecule has 1 aliphatic rings. The second-order valence-electron chi connectivity index (χ2n) is 5.52. The summed E-state index contributed by atoms with van der Waals surface area (Å²) in [7, 11) is 0. The van der Waals surface area contributed by atoms with E-state index >= 15 is 0 Å². The maximum absolute atomic E-state index is 5.46. The van der Waals surface area contributed by atoms with Crippen molar-refractivity contribution in [2.45, 2.75) is 39.3 Å². The largest absolute Gasteiger partial charge is 0.379 e. The van der Waals surface area contributed by atoms with E-state index < -0.39 is 0 Å². The fraction of sp³-hybridized carbons (Fsp3) is 0.647. The van der Waals surface area contributed by atoms with Crippen molar-refractivity contribution in [1.29, 1.82) is 0 Å². The summed E-state index contributed by atoms with van der Waals surface area (Å²) in [5.74, 6) is 0. The molecule has 1 fully saturated rings. The zero-order chi connectivity index (χ0) is 14.4. The molecule has 0 spiro atoms. The number of nitrogens with zero attached hydrogens (tertiary/aromatic N) is 1. The molecule has 2 rings (SSSR count). The third-order valence-electron chi connectivity index (χ3n) is 4.28. The van der Waals surface area contributed by atoms with E-state index in [1.165, 1.54) is 11.1 Å². The van der Waals surface area contributed by atoms with Crippen LogP contribution in [0.2, 0.25) is 0 Å². The fourth-order valence-corrected chi connectivity index (χ4v) is 2.94. The van der Waals surface area contributed by atoms with Gasteiger partial charge in [0.1, 0.15) is 0 Å². The van der Waals surface area contributed by atoms with Crippen LogP contribution < -0.4 is 5.32 Å². The van der Waals surface area contributed by atoms with Gasteiger partial charge in [-0.3, -0.25) is 4.90 Å². The minimum absolute atomic E-state index is 0.393. The number of likely N-dealkylation sites (N-methyl/N-ethyl adjacent to an activating group) is 1. The Kier molecular flexibility index (Phi) is 6.02. The summed E-state index contributed by atoms with van der Waals surface area (Å²) in [6, 6.07) is 9.96. The summed E-state index contributed by atoms with van der Waals surface area (Å²) < 4.78 is 5.46. The minimum atomic E-state index is 0.393. The molecule has 1 aromatic carbocycles. The van der Waals surface area contributed by atoms with Gasteiger partial charge in [0.2, 0.25) is 0 Å². The van der Waals surface area contributed by atoms with Crippen molar-refractivity contribution in [3.8, 4) is 0 Å². The molecular weight excluding hydrogens is 248 g/mol. The molecule has 3 heteroatoms. The number of ether oxygens (including phenoxy) is 1. The Hall–Kier alpha value is -0.900. The predicted octanol–water partition coefficient (Wildman–Crippen LogP) is 2.62. The third kappa shape index (κ3) is 3.81. The van der Waals surface area contributed by atoms with Crippen LogP contribution in [0.25, 0.3) is 0 Å². The first-order valence-electron chi connectivity index (χ1n) is 7.90. The molecule has 0 amide bonds. The van der Waals surface area contributed by atoms with Crippen molar-refractivity contribution in [1.82, 2.24) is 10.2 Å². The Labute approximate surface area is 123 Å². The summed E-state index contributed by atoms with van der Waals surface area (Å²) in [5, 5.41) is 3.65. The van der Waals surface area contributed by atoms with Gasteiger partial charge >= 0.3 is 0 Å². The van der Waals surface area contributed by atoms with E-state index in [4.69, 9.17) is 4.74 Å². The molecule has 20 heavy (non-hydrogen) atoms. The van der Waals surface area contributed by atoms with Crippen LogP contribution in [-0.2, 0) is 11.2 Å². The lowest BCUT2D eigenvalue weighted by molar-refractivity contribution is 0.0121. The van der Waals surface area contributed by atoms with Crippen LogP contribution in [0.3, 0.4) is 0 Å². The number of morpholine rings is 1. The normalized spacial score (nSPS) is 19.8. The van der Waals surface area contributed by atoms with E-state index in [1.54, 1.807) is 0 Å². The second-order valence-corrected chi connectivity index (χ2v) is 5.52. The van der Waals surface area contributed by atoms with Gasteiger partial charge in [-0.2, -0.15) is 0 Å². The number of benzene rings is 1. The molecule has 112 valence electrons. The van der Waals surface area contributed by atoms with Crippen LogP contribution in [-0.4, -0.2) is 43.8 Å². The first-order valence-corrected chi connectivity index (χ1v) is 7.90. The van der Waals surface area contributed by atoms with Crippen molar-refractivity contribution in [2.75, 3.05) is 32.8 Å². The SMILES string of the molecule is CCNC(c1ccc(CC)cc1)C(C)N1CCOCC1. The highest BCUT2D eigenvalue weighted by Gasteiger charge is 2.25. The first kappa shape index (κ1) is 15.5. The lowest BCUT2D eigenvalue weighted by Gasteiger charge is -2.37. The van der Waals surface area contributed by atoms with E-state index in [-0.39, 0.29) is 0 Å². The molecule has 2 atom stereocenters. The van der Waals surface area contributed by atoms with Crippen molar-refractivity contribution >= 4 is 0 Å². The van der Waals surface area contributed by atoms with Crippen LogP contribution in [0, 0.1) is 0 Å². The van der Waals surface area contributed by atoms with Crippen LogP contribution in [0.15, 0.2) is 24.3 Å². The lowest BCUT2D eigenvalue weighted by Crippen LogP contribution is -2.48. The topological polar surface area (TPSA) is 24.5 Å². The highest BCUT2D eigenvalue weighted by atomic mass is 16.5. The van der Waals surface area contributed by atoms with Crippen molar-refractivity contribution < 1.29 is 4.74 Å². The maximum Gasteiger partial charge on any atom is 0.0594 e. The Morgan fingerprint density at radius 1 is 1.15 bits per heavy atom. The molecule has 1 saturated heterocycles. The third-order valence-corrected chi connectivity index (χ3v) is 4.28. The molecule has 1 heterocycles. The summed E-state index contributed by atoms with van der Waals surface area (Å²) >= 11 is 0. The van der Waals surface area contributed by atoms with Gasteiger partial charge < -0.3 is 10.1 Å². The van der Waals surface area contributed by atoms with Crippen LogP contribution in [0.5, 0.6) is 0 Å². The molecule has 3 nitrogen and oxygen atoms in total. The Balaban J connectivity index is 2.11. The van der Waals surface area contributed by atoms with Crippen molar-refractivity contribution in [3.05, 3.63) is 35.4 Å². The van der Waals surface area contributed by atoms with Gasteiger partial charge in [-0.25, -0.2) is 0 Å². The van der Waals surface area contributed by atoms with Gasteiger partial charge in [0, 0.05) is 25.2 Å². The van der Waals surface area contributed by atoms with Crippen LogP contribution in [0.4, 0.5) is 0 Å². The molecular formula is C17H28N2O. The van der Waals surface area contributed by atoms with Gasteiger partial charge in [0.05, 0.1) is 13.2 Å². The lowest BCUT2D eigenvalue weighted by atomic mass is 9.97. The van der Waals surface area contributed by atoms with Crippen molar-refractivity contribution in [2.24, 2.45) is 0 Å². The van der Waals surface area contributed by atoms with E-state index in [9.17, 15) is 0 Å². The number of aryl methyl sites for hydroxylation is 1. The molecule has 0 aromatic heterocycles. The predicted molar refractivity (Wildman–Crippen MR) is 84.1 cm³/mol. The van der Waals surface area contributed by atoms with E-state index in [0.29, 0.717) is 12.1 Å². The fourth-order valence-electron chi connectivity index (χ4n) is 2.94. The summed E-state index contributed by atoms with van der Waals surface area (Å²) in [6.45, 7) is 11.5. The quantitative estimate of drug-likeness (QED) is 0.864.